The second-order valence-electron chi connectivity index (χ2n) is 8.03. The first-order chi connectivity index (χ1) is 12.8. The molecule has 1 aliphatic carbocycles. The summed E-state index contributed by atoms with van der Waals surface area (Å²) in [4.78, 5) is 5.25. The van der Waals surface area contributed by atoms with E-state index in [1.807, 2.05) is 0 Å². The van der Waals surface area contributed by atoms with Crippen molar-refractivity contribution < 1.29 is 4.74 Å². The Morgan fingerprint density at radius 3 is 2.27 bits per heavy atom. The summed E-state index contributed by atoms with van der Waals surface area (Å²) in [5, 5.41) is 0. The zero-order valence-electron chi connectivity index (χ0n) is 15.4. The number of nitrogens with zero attached hydrogens (tertiary/aromatic N) is 2. The lowest BCUT2D eigenvalue weighted by Gasteiger charge is -2.45. The van der Waals surface area contributed by atoms with Crippen LogP contribution in [0.25, 0.3) is 0 Å². The Morgan fingerprint density at radius 1 is 0.808 bits per heavy atom. The van der Waals surface area contributed by atoms with Crippen LogP contribution in [0.5, 0.6) is 0 Å². The average molecular weight is 348 g/mol. The van der Waals surface area contributed by atoms with Gasteiger partial charge in [0, 0.05) is 37.9 Å². The van der Waals surface area contributed by atoms with Gasteiger partial charge in [-0.2, -0.15) is 0 Å². The Labute approximate surface area is 156 Å². The first-order valence-corrected chi connectivity index (χ1v) is 10.1. The maximum Gasteiger partial charge on any atom is 0.0940 e. The molecular weight excluding hydrogens is 320 g/mol. The molecule has 2 fully saturated rings. The number of hydrogen-bond acceptors (Lipinski definition) is 3. The molecule has 0 bridgehead atoms. The van der Waals surface area contributed by atoms with Crippen LogP contribution in [-0.2, 0) is 16.9 Å². The largest absolute Gasteiger partial charge is 0.369 e. The van der Waals surface area contributed by atoms with E-state index >= 15 is 0 Å². The van der Waals surface area contributed by atoms with E-state index in [9.17, 15) is 0 Å². The molecule has 2 aromatic rings. The summed E-state index contributed by atoms with van der Waals surface area (Å²) >= 11 is 0. The minimum absolute atomic E-state index is 0.0129. The Bertz CT molecular complexity index is 744. The van der Waals surface area contributed by atoms with Gasteiger partial charge >= 0.3 is 0 Å². The van der Waals surface area contributed by atoms with Crippen molar-refractivity contribution in [3.8, 4) is 0 Å². The summed E-state index contributed by atoms with van der Waals surface area (Å²) in [6.45, 7) is 5.46. The number of piperazine rings is 1. The Hall–Kier alpha value is -1.84. The number of ether oxygens (including phenoxy) is 1. The third-order valence-electron chi connectivity index (χ3n) is 6.73. The third kappa shape index (κ3) is 2.83. The standard InChI is InChI=1S/C23H28N2O/c1-2-7-20(8-3-1)24-14-16-25(17-15-24)21-10-12-23(13-11-21)22-9-5-4-6-19(22)18-26-23/h1-9,21H,10-18H2. The molecule has 1 saturated carbocycles. The van der Waals surface area contributed by atoms with Gasteiger partial charge in [0.15, 0.2) is 0 Å². The van der Waals surface area contributed by atoms with Crippen LogP contribution in [0.4, 0.5) is 5.69 Å². The highest BCUT2D eigenvalue weighted by Crippen LogP contribution is 2.47. The maximum absolute atomic E-state index is 6.34. The second kappa shape index (κ2) is 6.71. The van der Waals surface area contributed by atoms with Crippen molar-refractivity contribution in [1.82, 2.24) is 4.90 Å². The summed E-state index contributed by atoms with van der Waals surface area (Å²) in [6.07, 6.45) is 4.88. The quantitative estimate of drug-likeness (QED) is 0.810. The Morgan fingerprint density at radius 2 is 1.50 bits per heavy atom. The predicted molar refractivity (Wildman–Crippen MR) is 105 cm³/mol. The van der Waals surface area contributed by atoms with E-state index in [0.717, 1.165) is 25.7 Å². The number of hydrogen-bond donors (Lipinski definition) is 0. The molecule has 0 atom stereocenters. The number of para-hydroxylation sites is 1. The molecule has 26 heavy (non-hydrogen) atoms. The highest BCUT2D eigenvalue weighted by Gasteiger charge is 2.43. The summed E-state index contributed by atoms with van der Waals surface area (Å²) in [6, 6.07) is 20.4. The van der Waals surface area contributed by atoms with Gasteiger partial charge in [0.2, 0.25) is 0 Å². The van der Waals surface area contributed by atoms with Crippen molar-refractivity contribution in [1.29, 1.82) is 0 Å². The summed E-state index contributed by atoms with van der Waals surface area (Å²) < 4.78 is 6.34. The normalized spacial score (nSPS) is 29.1. The number of anilines is 1. The van der Waals surface area contributed by atoms with E-state index < -0.39 is 0 Å². The highest BCUT2D eigenvalue weighted by atomic mass is 16.5. The van der Waals surface area contributed by atoms with Crippen LogP contribution in [0.2, 0.25) is 0 Å². The number of fused-ring (bicyclic) bond motifs is 2. The van der Waals surface area contributed by atoms with Gasteiger partial charge in [0.05, 0.1) is 12.2 Å². The van der Waals surface area contributed by atoms with E-state index in [4.69, 9.17) is 4.74 Å². The molecule has 2 aromatic carbocycles. The van der Waals surface area contributed by atoms with Crippen molar-refractivity contribution >= 4 is 5.69 Å². The molecular formula is C23H28N2O. The molecule has 0 amide bonds. The number of benzene rings is 2. The molecule has 0 aromatic heterocycles. The van der Waals surface area contributed by atoms with Gasteiger partial charge in [-0.1, -0.05) is 42.5 Å². The van der Waals surface area contributed by atoms with Crippen LogP contribution in [0.3, 0.4) is 0 Å². The van der Waals surface area contributed by atoms with E-state index in [2.05, 4.69) is 64.4 Å². The van der Waals surface area contributed by atoms with E-state index in [1.54, 1.807) is 0 Å². The third-order valence-corrected chi connectivity index (χ3v) is 6.73. The molecule has 3 aliphatic rings. The van der Waals surface area contributed by atoms with Crippen LogP contribution in [0.15, 0.2) is 54.6 Å². The van der Waals surface area contributed by atoms with Gasteiger partial charge < -0.3 is 9.64 Å². The smallest absolute Gasteiger partial charge is 0.0940 e. The van der Waals surface area contributed by atoms with Crippen LogP contribution in [-0.4, -0.2) is 37.1 Å². The highest BCUT2D eigenvalue weighted by molar-refractivity contribution is 5.46. The van der Waals surface area contributed by atoms with E-state index in [1.165, 1.54) is 55.6 Å². The maximum atomic E-state index is 6.34. The zero-order valence-corrected chi connectivity index (χ0v) is 15.4. The first-order valence-electron chi connectivity index (χ1n) is 10.1. The average Bonchev–Trinajstić information content (AvgIpc) is 3.08. The second-order valence-corrected chi connectivity index (χ2v) is 8.03. The molecule has 0 radical (unpaired) electrons. The monoisotopic (exact) mass is 348 g/mol. The summed E-state index contributed by atoms with van der Waals surface area (Å²) in [5.74, 6) is 0. The molecule has 3 nitrogen and oxygen atoms in total. The van der Waals surface area contributed by atoms with Crippen molar-refractivity contribution in [2.75, 3.05) is 31.1 Å². The van der Waals surface area contributed by atoms with Gasteiger partial charge in [-0.15, -0.1) is 0 Å². The van der Waals surface area contributed by atoms with Crippen molar-refractivity contribution in [3.63, 3.8) is 0 Å². The molecule has 136 valence electrons. The van der Waals surface area contributed by atoms with Crippen molar-refractivity contribution in [2.24, 2.45) is 0 Å². The van der Waals surface area contributed by atoms with Crippen molar-refractivity contribution in [3.05, 3.63) is 65.7 Å². The van der Waals surface area contributed by atoms with Crippen LogP contribution < -0.4 is 4.90 Å². The van der Waals surface area contributed by atoms with Gasteiger partial charge in [-0.05, 0) is 48.9 Å². The fraction of sp³-hybridized carbons (Fsp3) is 0.478. The minimum Gasteiger partial charge on any atom is -0.369 e. The lowest BCUT2D eigenvalue weighted by Crippen LogP contribution is -2.52. The lowest BCUT2D eigenvalue weighted by molar-refractivity contribution is -0.0777. The van der Waals surface area contributed by atoms with Gasteiger partial charge in [0.25, 0.3) is 0 Å². The Balaban J connectivity index is 1.20. The topological polar surface area (TPSA) is 15.7 Å². The Kier molecular flexibility index (Phi) is 4.22. The lowest BCUT2D eigenvalue weighted by atomic mass is 9.77. The molecule has 2 heterocycles. The molecule has 2 aliphatic heterocycles. The van der Waals surface area contributed by atoms with Crippen LogP contribution in [0.1, 0.15) is 36.8 Å². The van der Waals surface area contributed by atoms with Crippen LogP contribution >= 0.6 is 0 Å². The van der Waals surface area contributed by atoms with Gasteiger partial charge in [-0.3, -0.25) is 4.90 Å². The van der Waals surface area contributed by atoms with E-state index in [-0.39, 0.29) is 5.60 Å². The SMILES string of the molecule is c1ccc(N2CCN(C3CCC4(CC3)OCc3ccccc34)CC2)cc1. The molecule has 1 spiro atoms. The zero-order chi connectivity index (χ0) is 17.4. The first kappa shape index (κ1) is 16.3. The summed E-state index contributed by atoms with van der Waals surface area (Å²) in [7, 11) is 0. The number of rotatable bonds is 2. The predicted octanol–water partition coefficient (Wildman–Crippen LogP) is 4.18. The molecule has 0 N–H and O–H groups in total. The molecule has 1 saturated heterocycles. The van der Waals surface area contributed by atoms with Gasteiger partial charge in [-0.25, -0.2) is 0 Å². The van der Waals surface area contributed by atoms with Crippen molar-refractivity contribution in [2.45, 2.75) is 43.9 Å². The molecule has 0 unspecified atom stereocenters. The van der Waals surface area contributed by atoms with Crippen LogP contribution in [0, 0.1) is 0 Å². The fourth-order valence-corrected chi connectivity index (χ4v) is 5.22. The fourth-order valence-electron chi connectivity index (χ4n) is 5.22. The molecule has 3 heteroatoms. The van der Waals surface area contributed by atoms with E-state index in [0.29, 0.717) is 0 Å². The molecule has 5 rings (SSSR count). The van der Waals surface area contributed by atoms with Gasteiger partial charge in [0.1, 0.15) is 0 Å². The summed E-state index contributed by atoms with van der Waals surface area (Å²) in [5.41, 5.74) is 4.25. The minimum atomic E-state index is 0.0129.